The number of esters is 1. The van der Waals surface area contributed by atoms with Crippen LogP contribution in [0.15, 0.2) is 0 Å². The van der Waals surface area contributed by atoms with E-state index in [1.807, 2.05) is 0 Å². The van der Waals surface area contributed by atoms with Crippen molar-refractivity contribution in [2.45, 2.75) is 45.3 Å². The Kier molecular flexibility index (Phi) is 4.21. The second-order valence-corrected chi connectivity index (χ2v) is 5.68. The molecule has 0 aromatic rings. The lowest BCUT2D eigenvalue weighted by Crippen LogP contribution is -2.69. The van der Waals surface area contributed by atoms with E-state index >= 15 is 0 Å². The number of carbonyl (C=O) groups excluding carboxylic acids is 2. The van der Waals surface area contributed by atoms with Crippen molar-refractivity contribution in [3.8, 4) is 0 Å². The lowest BCUT2D eigenvalue weighted by atomic mass is 9.88. The minimum absolute atomic E-state index is 0.125. The average molecular weight is 258 g/mol. The molecule has 0 bridgehead atoms. The van der Waals surface area contributed by atoms with E-state index in [9.17, 15) is 9.59 Å². The molecule has 6 heteroatoms. The van der Waals surface area contributed by atoms with Gasteiger partial charge in [-0.05, 0) is 27.7 Å². The van der Waals surface area contributed by atoms with Gasteiger partial charge in [0.1, 0.15) is 5.60 Å². The Morgan fingerprint density at radius 2 is 1.89 bits per heavy atom. The summed E-state index contributed by atoms with van der Waals surface area (Å²) in [5.74, 6) is -0.330. The lowest BCUT2D eigenvalue weighted by Gasteiger charge is -2.46. The third-order valence-electron chi connectivity index (χ3n) is 2.46. The van der Waals surface area contributed by atoms with Gasteiger partial charge in [0, 0.05) is 13.1 Å². The zero-order chi connectivity index (χ0) is 14.0. The first-order valence-corrected chi connectivity index (χ1v) is 6.08. The Bertz CT molecular complexity index is 329. The van der Waals surface area contributed by atoms with Crippen LogP contribution >= 0.6 is 0 Å². The fraction of sp³-hybridized carbons (Fsp3) is 0.833. The largest absolute Gasteiger partial charge is 0.466 e. The summed E-state index contributed by atoms with van der Waals surface area (Å²) < 4.78 is 10.0. The number of ether oxygens (including phenoxy) is 2. The monoisotopic (exact) mass is 258 g/mol. The highest BCUT2D eigenvalue weighted by Gasteiger charge is 2.45. The van der Waals surface area contributed by atoms with Crippen molar-refractivity contribution in [2.75, 3.05) is 19.7 Å². The minimum atomic E-state index is -0.677. The summed E-state index contributed by atoms with van der Waals surface area (Å²) in [6, 6.07) is 0. The zero-order valence-corrected chi connectivity index (χ0v) is 11.5. The summed E-state index contributed by atoms with van der Waals surface area (Å²) in [5.41, 5.74) is 4.78. The van der Waals surface area contributed by atoms with Gasteiger partial charge in [-0.2, -0.15) is 0 Å². The maximum Gasteiger partial charge on any atom is 0.410 e. The molecule has 2 N–H and O–H groups in total. The molecule has 6 nitrogen and oxygen atoms in total. The summed E-state index contributed by atoms with van der Waals surface area (Å²) in [7, 11) is 0. The van der Waals surface area contributed by atoms with Gasteiger partial charge in [0.05, 0.1) is 18.6 Å². The summed E-state index contributed by atoms with van der Waals surface area (Å²) in [6.45, 7) is 8.14. The molecular weight excluding hydrogens is 236 g/mol. The predicted molar refractivity (Wildman–Crippen MR) is 66.0 cm³/mol. The van der Waals surface area contributed by atoms with Crippen molar-refractivity contribution in [1.29, 1.82) is 0 Å². The van der Waals surface area contributed by atoms with Crippen molar-refractivity contribution in [1.82, 2.24) is 4.90 Å². The molecule has 1 fully saturated rings. The molecule has 1 aliphatic rings. The van der Waals surface area contributed by atoms with Crippen LogP contribution in [0.25, 0.3) is 0 Å². The first-order chi connectivity index (χ1) is 8.15. The molecule has 0 aromatic carbocycles. The van der Waals surface area contributed by atoms with Crippen LogP contribution in [0.4, 0.5) is 4.79 Å². The van der Waals surface area contributed by atoms with Crippen molar-refractivity contribution in [2.24, 2.45) is 5.73 Å². The van der Waals surface area contributed by atoms with E-state index in [0.29, 0.717) is 19.7 Å². The van der Waals surface area contributed by atoms with Gasteiger partial charge in [-0.3, -0.25) is 4.79 Å². The highest BCUT2D eigenvalue weighted by molar-refractivity contribution is 5.74. The Labute approximate surface area is 107 Å². The van der Waals surface area contributed by atoms with Crippen LogP contribution in [0.3, 0.4) is 0 Å². The predicted octanol–water partition coefficient (Wildman–Crippen LogP) is 0.888. The van der Waals surface area contributed by atoms with Gasteiger partial charge >= 0.3 is 12.1 Å². The van der Waals surface area contributed by atoms with Gasteiger partial charge in [0.15, 0.2) is 0 Å². The topological polar surface area (TPSA) is 81.9 Å². The first-order valence-electron chi connectivity index (χ1n) is 6.08. The van der Waals surface area contributed by atoms with Crippen molar-refractivity contribution >= 4 is 12.1 Å². The highest BCUT2D eigenvalue weighted by Crippen LogP contribution is 2.24. The van der Waals surface area contributed by atoms with E-state index in [2.05, 4.69) is 0 Å². The van der Waals surface area contributed by atoms with E-state index in [0.717, 1.165) is 0 Å². The molecule has 104 valence electrons. The summed E-state index contributed by atoms with van der Waals surface area (Å²) in [6.07, 6.45) is -0.271. The molecule has 1 saturated heterocycles. The second-order valence-electron chi connectivity index (χ2n) is 5.68. The van der Waals surface area contributed by atoms with Crippen LogP contribution in [0.5, 0.6) is 0 Å². The van der Waals surface area contributed by atoms with Gasteiger partial charge < -0.3 is 20.1 Å². The van der Waals surface area contributed by atoms with Crippen LogP contribution in [-0.4, -0.2) is 47.8 Å². The van der Waals surface area contributed by atoms with E-state index < -0.39 is 17.2 Å². The fourth-order valence-corrected chi connectivity index (χ4v) is 1.78. The van der Waals surface area contributed by atoms with E-state index in [4.69, 9.17) is 15.2 Å². The average Bonchev–Trinajstić information content (AvgIpc) is 2.11. The molecule has 1 rings (SSSR count). The Morgan fingerprint density at radius 1 is 1.33 bits per heavy atom. The Hall–Kier alpha value is -1.30. The molecule has 1 aliphatic heterocycles. The van der Waals surface area contributed by atoms with E-state index in [-0.39, 0.29) is 12.4 Å². The molecule has 18 heavy (non-hydrogen) atoms. The molecular formula is C12H22N2O4. The molecule has 1 amide bonds. The van der Waals surface area contributed by atoms with Gasteiger partial charge in [-0.1, -0.05) is 0 Å². The number of nitrogens with two attached hydrogens (primary N) is 1. The number of carbonyl (C=O) groups is 2. The highest BCUT2D eigenvalue weighted by atomic mass is 16.6. The molecule has 0 atom stereocenters. The van der Waals surface area contributed by atoms with Gasteiger partial charge in [0.2, 0.25) is 0 Å². The molecule has 0 saturated carbocycles. The zero-order valence-electron chi connectivity index (χ0n) is 11.5. The fourth-order valence-electron chi connectivity index (χ4n) is 1.78. The first kappa shape index (κ1) is 14.8. The van der Waals surface area contributed by atoms with Crippen LogP contribution in [-0.2, 0) is 14.3 Å². The smallest absolute Gasteiger partial charge is 0.410 e. The van der Waals surface area contributed by atoms with Crippen molar-refractivity contribution in [3.05, 3.63) is 0 Å². The maximum absolute atomic E-state index is 11.7. The number of likely N-dealkylation sites (tertiary alicyclic amines) is 1. The van der Waals surface area contributed by atoms with E-state index in [1.165, 1.54) is 4.90 Å². The Balaban J connectivity index is 2.38. The third-order valence-corrected chi connectivity index (χ3v) is 2.46. The minimum Gasteiger partial charge on any atom is -0.466 e. The quantitative estimate of drug-likeness (QED) is 0.760. The maximum atomic E-state index is 11.7. The number of hydrogen-bond donors (Lipinski definition) is 1. The number of rotatable bonds is 3. The third kappa shape index (κ3) is 4.18. The SMILES string of the molecule is CCOC(=O)CC1(N)CN(C(=O)OC(C)(C)C)C1. The molecule has 0 radical (unpaired) electrons. The number of hydrogen-bond acceptors (Lipinski definition) is 5. The van der Waals surface area contributed by atoms with Gasteiger partial charge in [0.25, 0.3) is 0 Å². The lowest BCUT2D eigenvalue weighted by molar-refractivity contribution is -0.146. The van der Waals surface area contributed by atoms with Crippen molar-refractivity contribution < 1.29 is 19.1 Å². The normalized spacial score (nSPS) is 17.9. The van der Waals surface area contributed by atoms with E-state index in [1.54, 1.807) is 27.7 Å². The Morgan fingerprint density at radius 3 is 2.33 bits per heavy atom. The number of nitrogens with zero attached hydrogens (tertiary/aromatic N) is 1. The van der Waals surface area contributed by atoms with Crippen molar-refractivity contribution in [3.63, 3.8) is 0 Å². The molecule has 1 heterocycles. The number of amides is 1. The molecule has 0 spiro atoms. The van der Waals surface area contributed by atoms with Gasteiger partial charge in [-0.15, -0.1) is 0 Å². The summed E-state index contributed by atoms with van der Waals surface area (Å²) in [5, 5.41) is 0. The molecule has 0 unspecified atom stereocenters. The summed E-state index contributed by atoms with van der Waals surface area (Å²) in [4.78, 5) is 24.5. The molecule has 0 aliphatic carbocycles. The molecule has 0 aromatic heterocycles. The summed E-state index contributed by atoms with van der Waals surface area (Å²) >= 11 is 0. The second kappa shape index (κ2) is 5.14. The van der Waals surface area contributed by atoms with Gasteiger partial charge in [-0.25, -0.2) is 4.79 Å². The van der Waals surface area contributed by atoms with Crippen LogP contribution in [0.1, 0.15) is 34.1 Å². The van der Waals surface area contributed by atoms with Crippen LogP contribution in [0, 0.1) is 0 Å². The standard InChI is InChI=1S/C12H22N2O4/c1-5-17-9(15)6-12(13)7-14(8-12)10(16)18-11(2,3)4/h5-8,13H2,1-4H3. The van der Waals surface area contributed by atoms with Crippen LogP contribution < -0.4 is 5.73 Å². The van der Waals surface area contributed by atoms with Crippen LogP contribution in [0.2, 0.25) is 0 Å².